The van der Waals surface area contributed by atoms with E-state index in [9.17, 15) is 4.79 Å². The van der Waals surface area contributed by atoms with Crippen molar-refractivity contribution >= 4 is 27.3 Å². The van der Waals surface area contributed by atoms with Crippen LogP contribution in [0.2, 0.25) is 0 Å². The standard InChI is InChI=1S/C18H18N2O2S/c1-22-10-9-20(13-16-4-2-3-8-19-16)18(21)15-5-6-17-14(12-15)7-11-23-17/h2-8,11-12H,9-10,13H2,1H3. The van der Waals surface area contributed by atoms with E-state index in [1.165, 1.54) is 4.70 Å². The molecule has 0 N–H and O–H groups in total. The molecule has 2 aromatic heterocycles. The van der Waals surface area contributed by atoms with Gasteiger partial charge in [-0.2, -0.15) is 0 Å². The predicted molar refractivity (Wildman–Crippen MR) is 92.7 cm³/mol. The first-order chi connectivity index (χ1) is 11.3. The summed E-state index contributed by atoms with van der Waals surface area (Å²) >= 11 is 1.68. The first-order valence-corrected chi connectivity index (χ1v) is 8.31. The maximum absolute atomic E-state index is 12.9. The minimum Gasteiger partial charge on any atom is -0.383 e. The lowest BCUT2D eigenvalue weighted by Crippen LogP contribution is -2.33. The van der Waals surface area contributed by atoms with Gasteiger partial charge in [0.2, 0.25) is 0 Å². The van der Waals surface area contributed by atoms with Crippen molar-refractivity contribution < 1.29 is 9.53 Å². The van der Waals surface area contributed by atoms with Gasteiger partial charge in [-0.25, -0.2) is 0 Å². The van der Waals surface area contributed by atoms with Crippen molar-refractivity contribution in [1.82, 2.24) is 9.88 Å². The molecule has 23 heavy (non-hydrogen) atoms. The molecule has 0 unspecified atom stereocenters. The number of nitrogens with zero attached hydrogens (tertiary/aromatic N) is 2. The van der Waals surface area contributed by atoms with Gasteiger partial charge in [0, 0.05) is 30.1 Å². The fourth-order valence-electron chi connectivity index (χ4n) is 2.42. The first kappa shape index (κ1) is 15.6. The molecule has 1 aromatic carbocycles. The SMILES string of the molecule is COCCN(Cc1ccccn1)C(=O)c1ccc2sccc2c1. The second-order valence-electron chi connectivity index (χ2n) is 5.21. The van der Waals surface area contributed by atoms with E-state index in [2.05, 4.69) is 4.98 Å². The molecule has 1 amide bonds. The molecule has 3 rings (SSSR count). The smallest absolute Gasteiger partial charge is 0.254 e. The molecule has 118 valence electrons. The Kier molecular flexibility index (Phi) is 5.00. The number of hydrogen-bond donors (Lipinski definition) is 0. The fourth-order valence-corrected chi connectivity index (χ4v) is 3.19. The number of aromatic nitrogens is 1. The van der Waals surface area contributed by atoms with Crippen molar-refractivity contribution in [2.75, 3.05) is 20.3 Å². The normalized spacial score (nSPS) is 10.8. The fraction of sp³-hybridized carbons (Fsp3) is 0.222. The summed E-state index contributed by atoms with van der Waals surface area (Å²) in [6.07, 6.45) is 1.74. The molecule has 4 nitrogen and oxygen atoms in total. The van der Waals surface area contributed by atoms with E-state index in [1.54, 1.807) is 29.5 Å². The van der Waals surface area contributed by atoms with E-state index in [4.69, 9.17) is 4.74 Å². The van der Waals surface area contributed by atoms with Gasteiger partial charge in [-0.05, 0) is 47.2 Å². The number of hydrogen-bond acceptors (Lipinski definition) is 4. The Balaban J connectivity index is 1.83. The lowest BCUT2D eigenvalue weighted by Gasteiger charge is -2.22. The van der Waals surface area contributed by atoms with Crippen molar-refractivity contribution in [3.8, 4) is 0 Å². The Morgan fingerprint density at radius 2 is 2.17 bits per heavy atom. The zero-order valence-electron chi connectivity index (χ0n) is 12.9. The number of amides is 1. The summed E-state index contributed by atoms with van der Waals surface area (Å²) in [5.41, 5.74) is 1.57. The molecule has 5 heteroatoms. The highest BCUT2D eigenvalue weighted by atomic mass is 32.1. The van der Waals surface area contributed by atoms with E-state index >= 15 is 0 Å². The van der Waals surface area contributed by atoms with Crippen LogP contribution in [0.1, 0.15) is 16.1 Å². The molecule has 3 aromatic rings. The molecule has 0 radical (unpaired) electrons. The molecule has 0 saturated heterocycles. The van der Waals surface area contributed by atoms with Gasteiger partial charge in [-0.1, -0.05) is 6.07 Å². The highest BCUT2D eigenvalue weighted by Crippen LogP contribution is 2.22. The average Bonchev–Trinajstić information content (AvgIpc) is 3.06. The highest BCUT2D eigenvalue weighted by Gasteiger charge is 2.17. The van der Waals surface area contributed by atoms with Crippen LogP contribution in [0.15, 0.2) is 54.0 Å². The summed E-state index contributed by atoms with van der Waals surface area (Å²) < 4.78 is 6.33. The number of methoxy groups -OCH3 is 1. The Labute approximate surface area is 139 Å². The zero-order chi connectivity index (χ0) is 16.1. The molecule has 0 atom stereocenters. The summed E-state index contributed by atoms with van der Waals surface area (Å²) in [5.74, 6) is 0.000744. The Morgan fingerprint density at radius 3 is 2.96 bits per heavy atom. The van der Waals surface area contributed by atoms with E-state index in [1.807, 2.05) is 47.8 Å². The molecule has 0 spiro atoms. The number of pyridine rings is 1. The van der Waals surface area contributed by atoms with Crippen LogP contribution in [0.4, 0.5) is 0 Å². The van der Waals surface area contributed by atoms with Gasteiger partial charge in [-0.15, -0.1) is 11.3 Å². The molecule has 0 bridgehead atoms. The first-order valence-electron chi connectivity index (χ1n) is 7.43. The van der Waals surface area contributed by atoms with Gasteiger partial charge in [0.05, 0.1) is 18.8 Å². The molecule has 0 saturated carbocycles. The van der Waals surface area contributed by atoms with E-state index in [0.717, 1.165) is 11.1 Å². The molecular weight excluding hydrogens is 308 g/mol. The van der Waals surface area contributed by atoms with Crippen LogP contribution < -0.4 is 0 Å². The van der Waals surface area contributed by atoms with E-state index < -0.39 is 0 Å². The van der Waals surface area contributed by atoms with Crippen molar-refractivity contribution in [2.45, 2.75) is 6.54 Å². The number of carbonyl (C=O) groups excluding carboxylic acids is 1. The summed E-state index contributed by atoms with van der Waals surface area (Å²) in [4.78, 5) is 19.0. The highest BCUT2D eigenvalue weighted by molar-refractivity contribution is 7.17. The summed E-state index contributed by atoms with van der Waals surface area (Å²) in [6.45, 7) is 1.51. The number of rotatable bonds is 6. The van der Waals surface area contributed by atoms with Crippen LogP contribution in [-0.2, 0) is 11.3 Å². The molecule has 0 aliphatic carbocycles. The third kappa shape index (κ3) is 3.75. The second-order valence-corrected chi connectivity index (χ2v) is 6.16. The molecule has 2 heterocycles. The maximum atomic E-state index is 12.9. The number of thiophene rings is 1. The summed E-state index contributed by atoms with van der Waals surface area (Å²) in [5, 5.41) is 3.14. The lowest BCUT2D eigenvalue weighted by molar-refractivity contribution is 0.0678. The Hall–Kier alpha value is -2.24. The van der Waals surface area contributed by atoms with Crippen molar-refractivity contribution in [3.05, 3.63) is 65.3 Å². The van der Waals surface area contributed by atoms with Crippen molar-refractivity contribution in [2.24, 2.45) is 0 Å². The van der Waals surface area contributed by atoms with Crippen LogP contribution in [-0.4, -0.2) is 36.1 Å². The van der Waals surface area contributed by atoms with Gasteiger partial charge >= 0.3 is 0 Å². The topological polar surface area (TPSA) is 42.4 Å². The Morgan fingerprint density at radius 1 is 1.26 bits per heavy atom. The lowest BCUT2D eigenvalue weighted by atomic mass is 10.1. The molecule has 0 aliphatic rings. The van der Waals surface area contributed by atoms with Gasteiger partial charge in [0.25, 0.3) is 5.91 Å². The summed E-state index contributed by atoms with van der Waals surface area (Å²) in [6, 6.07) is 13.6. The van der Waals surface area contributed by atoms with Gasteiger partial charge < -0.3 is 9.64 Å². The average molecular weight is 326 g/mol. The van der Waals surface area contributed by atoms with Gasteiger partial charge in [-0.3, -0.25) is 9.78 Å². The molecule has 0 aliphatic heterocycles. The van der Waals surface area contributed by atoms with Crippen LogP contribution >= 0.6 is 11.3 Å². The predicted octanol–water partition coefficient (Wildman–Crippen LogP) is 3.59. The minimum absolute atomic E-state index is 0.000744. The largest absolute Gasteiger partial charge is 0.383 e. The molecule has 0 fully saturated rings. The number of fused-ring (bicyclic) bond motifs is 1. The van der Waals surface area contributed by atoms with Gasteiger partial charge in [0.1, 0.15) is 0 Å². The monoisotopic (exact) mass is 326 g/mol. The number of benzene rings is 1. The van der Waals surface area contributed by atoms with Crippen LogP contribution in [0.3, 0.4) is 0 Å². The number of ether oxygens (including phenoxy) is 1. The van der Waals surface area contributed by atoms with E-state index in [0.29, 0.717) is 25.3 Å². The molecular formula is C18H18N2O2S. The van der Waals surface area contributed by atoms with Crippen LogP contribution in [0.25, 0.3) is 10.1 Å². The Bertz CT molecular complexity index is 786. The van der Waals surface area contributed by atoms with E-state index in [-0.39, 0.29) is 5.91 Å². The van der Waals surface area contributed by atoms with Crippen LogP contribution in [0.5, 0.6) is 0 Å². The van der Waals surface area contributed by atoms with Crippen LogP contribution in [0, 0.1) is 0 Å². The van der Waals surface area contributed by atoms with Crippen molar-refractivity contribution in [1.29, 1.82) is 0 Å². The zero-order valence-corrected chi connectivity index (χ0v) is 13.8. The third-order valence-electron chi connectivity index (χ3n) is 3.63. The summed E-state index contributed by atoms with van der Waals surface area (Å²) in [7, 11) is 1.64. The second kappa shape index (κ2) is 7.35. The van der Waals surface area contributed by atoms with Crippen molar-refractivity contribution in [3.63, 3.8) is 0 Å². The maximum Gasteiger partial charge on any atom is 0.254 e. The number of carbonyl (C=O) groups is 1. The van der Waals surface area contributed by atoms with Gasteiger partial charge in [0.15, 0.2) is 0 Å². The third-order valence-corrected chi connectivity index (χ3v) is 4.53. The quantitative estimate of drug-likeness (QED) is 0.695. The minimum atomic E-state index is 0.000744.